The lowest BCUT2D eigenvalue weighted by Gasteiger charge is -2.22. The van der Waals surface area contributed by atoms with Gasteiger partial charge in [0, 0.05) is 19.8 Å². The van der Waals surface area contributed by atoms with Gasteiger partial charge in [-0.1, -0.05) is 149 Å². The van der Waals surface area contributed by atoms with Crippen LogP contribution in [0.5, 0.6) is 0 Å². The highest BCUT2D eigenvalue weighted by Gasteiger charge is 2.19. The average Bonchev–Trinajstić information content (AvgIpc) is 3.16. The molecule has 0 heterocycles. The molecule has 0 aromatic rings. The van der Waals surface area contributed by atoms with Crippen molar-refractivity contribution in [1.29, 1.82) is 0 Å². The predicted molar refractivity (Wildman–Crippen MR) is 238 cm³/mol. The van der Waals surface area contributed by atoms with Crippen LogP contribution in [-0.4, -0.2) is 91.1 Å². The molecule has 0 saturated heterocycles. The second-order valence-corrected chi connectivity index (χ2v) is 16.1. The number of unbranched alkanes of at least 4 members (excludes halogenated alkanes) is 21. The van der Waals surface area contributed by atoms with Crippen LogP contribution < -0.4 is 0 Å². The topological polar surface area (TPSA) is 99.5 Å². The van der Waals surface area contributed by atoms with Gasteiger partial charge in [-0.25, -0.2) is 0 Å². The second kappa shape index (κ2) is 52.6. The van der Waals surface area contributed by atoms with E-state index in [0.29, 0.717) is 19.8 Å². The van der Waals surface area contributed by atoms with Crippen LogP contribution in [-0.2, 0) is 14.3 Å². The van der Waals surface area contributed by atoms with E-state index in [-0.39, 0.29) is 18.5 Å². The molecule has 8 heteroatoms. The summed E-state index contributed by atoms with van der Waals surface area (Å²) in [6.45, 7) is 13.7. The molecule has 0 amide bonds. The molecule has 54 heavy (non-hydrogen) atoms. The van der Waals surface area contributed by atoms with Gasteiger partial charge >= 0.3 is 5.97 Å². The van der Waals surface area contributed by atoms with Crippen molar-refractivity contribution in [3.8, 4) is 0 Å². The van der Waals surface area contributed by atoms with E-state index in [0.717, 1.165) is 96.7 Å². The fourth-order valence-corrected chi connectivity index (χ4v) is 6.59. The fraction of sp³-hybridized carbons (Fsp3) is 0.978. The van der Waals surface area contributed by atoms with Crippen molar-refractivity contribution in [2.45, 2.75) is 227 Å². The molecule has 2 unspecified atom stereocenters. The highest BCUT2D eigenvalue weighted by molar-refractivity contribution is 7.97. The molecule has 0 aliphatic carbocycles. The van der Waals surface area contributed by atoms with Crippen molar-refractivity contribution in [1.82, 2.24) is 4.90 Å². The summed E-state index contributed by atoms with van der Waals surface area (Å²) in [5, 5.41) is 27.3. The van der Waals surface area contributed by atoms with Gasteiger partial charge in [-0.3, -0.25) is 4.79 Å². The Morgan fingerprint density at radius 2 is 0.870 bits per heavy atom. The first-order valence-electron chi connectivity index (χ1n) is 23.2. The SMILES string of the molecule is CCCCCCCCC(CCCCCC)C(=O)OCCCCCCN(CCCCO)CCCCCCO.CCCCCCCCCC(O)OCC.CSC. The Hall–Kier alpha value is -0.380. The van der Waals surface area contributed by atoms with E-state index in [1.54, 1.807) is 11.8 Å². The Balaban J connectivity index is -0.00000127. The lowest BCUT2D eigenvalue weighted by atomic mass is 9.94. The molecule has 0 radical (unpaired) electrons. The molecule has 3 N–H and O–H groups in total. The van der Waals surface area contributed by atoms with E-state index in [1.807, 2.05) is 19.4 Å². The molecule has 0 spiro atoms. The van der Waals surface area contributed by atoms with Gasteiger partial charge in [0.2, 0.25) is 0 Å². The maximum absolute atomic E-state index is 12.8. The van der Waals surface area contributed by atoms with E-state index >= 15 is 0 Å². The highest BCUT2D eigenvalue weighted by atomic mass is 32.2. The Morgan fingerprint density at radius 3 is 1.33 bits per heavy atom. The normalized spacial score (nSPS) is 12.2. The predicted octanol–water partition coefficient (Wildman–Crippen LogP) is 12.5. The number of hydrogen-bond donors (Lipinski definition) is 3. The molecule has 0 aliphatic heterocycles. The molecule has 0 fully saturated rings. The van der Waals surface area contributed by atoms with Gasteiger partial charge in [-0.05, 0) is 103 Å². The van der Waals surface area contributed by atoms with E-state index in [2.05, 4.69) is 25.7 Å². The van der Waals surface area contributed by atoms with E-state index in [9.17, 15) is 9.90 Å². The summed E-state index contributed by atoms with van der Waals surface area (Å²) in [6.07, 6.45) is 38.7. The highest BCUT2D eigenvalue weighted by Crippen LogP contribution is 2.21. The third-order valence-corrected chi connectivity index (χ3v) is 9.94. The number of hydrogen-bond acceptors (Lipinski definition) is 8. The molecule has 328 valence electrons. The van der Waals surface area contributed by atoms with Gasteiger partial charge in [0.25, 0.3) is 0 Å². The number of carbonyl (C=O) groups excluding carboxylic acids is 1. The minimum Gasteiger partial charge on any atom is -0.465 e. The number of esters is 1. The molecule has 0 saturated carbocycles. The van der Waals surface area contributed by atoms with Crippen molar-refractivity contribution >= 4 is 17.7 Å². The van der Waals surface area contributed by atoms with E-state index < -0.39 is 6.29 Å². The van der Waals surface area contributed by atoms with Crippen LogP contribution in [0.3, 0.4) is 0 Å². The average molecular weight is 792 g/mol. The first-order valence-corrected chi connectivity index (χ1v) is 24.9. The maximum atomic E-state index is 12.8. The Labute approximate surface area is 342 Å². The smallest absolute Gasteiger partial charge is 0.308 e. The van der Waals surface area contributed by atoms with Crippen molar-refractivity contribution < 1.29 is 29.6 Å². The number of thioether (sulfide) groups is 1. The standard InChI is InChI=1S/C32H65NO4.C12H26O2.C2H6S/c1-3-5-7-9-10-16-24-31(23-15-8-6-4-2)32(36)37-30-22-14-12-18-26-33(27-19-21-29-35)25-17-11-13-20-28-34;1-3-5-6-7-8-9-10-11-12(13)14-4-2;1-3-2/h31,34-35H,3-30H2,1-2H3;12-13H,3-11H2,1-2H3;1-2H3. The number of rotatable bonds is 40. The van der Waals surface area contributed by atoms with Gasteiger partial charge in [-0.2, -0.15) is 11.8 Å². The Kier molecular flexibility index (Phi) is 56.5. The Bertz CT molecular complexity index is 673. The summed E-state index contributed by atoms with van der Waals surface area (Å²) in [6, 6.07) is 0. The minimum atomic E-state index is -0.532. The van der Waals surface area contributed by atoms with Crippen LogP contribution in [0.2, 0.25) is 0 Å². The van der Waals surface area contributed by atoms with Gasteiger partial charge in [-0.15, -0.1) is 0 Å². The first kappa shape index (κ1) is 57.9. The van der Waals surface area contributed by atoms with Crippen molar-refractivity contribution in [3.05, 3.63) is 0 Å². The van der Waals surface area contributed by atoms with Gasteiger partial charge in [0.15, 0.2) is 6.29 Å². The van der Waals surface area contributed by atoms with Crippen molar-refractivity contribution in [2.75, 3.05) is 58.6 Å². The molecular weight excluding hydrogens is 695 g/mol. The monoisotopic (exact) mass is 792 g/mol. The number of carbonyl (C=O) groups is 1. The molecule has 0 aromatic carbocycles. The van der Waals surface area contributed by atoms with Crippen molar-refractivity contribution in [2.24, 2.45) is 5.92 Å². The summed E-state index contributed by atoms with van der Waals surface area (Å²) < 4.78 is 10.8. The van der Waals surface area contributed by atoms with Crippen LogP contribution in [0.15, 0.2) is 0 Å². The molecule has 0 aromatic heterocycles. The summed E-state index contributed by atoms with van der Waals surface area (Å²) in [4.78, 5) is 15.3. The number of ether oxygens (including phenoxy) is 2. The van der Waals surface area contributed by atoms with Crippen LogP contribution in [0.1, 0.15) is 220 Å². The third-order valence-electron chi connectivity index (χ3n) is 9.94. The fourth-order valence-electron chi connectivity index (χ4n) is 6.59. The Morgan fingerprint density at radius 1 is 0.519 bits per heavy atom. The summed E-state index contributed by atoms with van der Waals surface area (Å²) in [5.74, 6) is 0.161. The van der Waals surface area contributed by atoms with Crippen LogP contribution in [0.25, 0.3) is 0 Å². The number of nitrogens with zero attached hydrogens (tertiary/aromatic N) is 1. The lowest BCUT2D eigenvalue weighted by molar-refractivity contribution is -0.149. The van der Waals surface area contributed by atoms with Crippen LogP contribution in [0, 0.1) is 5.92 Å². The zero-order valence-corrected chi connectivity index (χ0v) is 38.1. The quantitative estimate of drug-likeness (QED) is 0.0320. The van der Waals surface area contributed by atoms with Crippen LogP contribution in [0.4, 0.5) is 0 Å². The molecule has 0 aliphatic rings. The molecular formula is C46H97NO6S. The van der Waals surface area contributed by atoms with Gasteiger partial charge in [0.05, 0.1) is 12.5 Å². The van der Waals surface area contributed by atoms with Crippen LogP contribution >= 0.6 is 11.8 Å². The summed E-state index contributed by atoms with van der Waals surface area (Å²) in [5.41, 5.74) is 0. The van der Waals surface area contributed by atoms with E-state index in [1.165, 1.54) is 116 Å². The third kappa shape index (κ3) is 49.6. The second-order valence-electron chi connectivity index (χ2n) is 15.3. The first-order chi connectivity index (χ1) is 26.4. The van der Waals surface area contributed by atoms with Gasteiger partial charge in [0.1, 0.15) is 0 Å². The van der Waals surface area contributed by atoms with Gasteiger partial charge < -0.3 is 29.7 Å². The number of aliphatic hydroxyl groups excluding tert-OH is 3. The molecule has 0 bridgehead atoms. The van der Waals surface area contributed by atoms with E-state index in [4.69, 9.17) is 19.7 Å². The summed E-state index contributed by atoms with van der Waals surface area (Å²) >= 11 is 1.75. The molecule has 2 atom stereocenters. The largest absolute Gasteiger partial charge is 0.465 e. The molecule has 7 nitrogen and oxygen atoms in total. The summed E-state index contributed by atoms with van der Waals surface area (Å²) in [7, 11) is 0. The zero-order valence-electron chi connectivity index (χ0n) is 37.2. The lowest BCUT2D eigenvalue weighted by Crippen LogP contribution is -2.27. The number of aliphatic hydroxyl groups is 3. The maximum Gasteiger partial charge on any atom is 0.308 e. The minimum absolute atomic E-state index is 0.0568. The van der Waals surface area contributed by atoms with Crippen molar-refractivity contribution in [3.63, 3.8) is 0 Å². The molecule has 0 rings (SSSR count). The zero-order chi connectivity index (χ0) is 40.6.